The second-order valence-corrected chi connectivity index (χ2v) is 6.48. The predicted molar refractivity (Wildman–Crippen MR) is 83.7 cm³/mol. The summed E-state index contributed by atoms with van der Waals surface area (Å²) in [6, 6.07) is 6.36. The van der Waals surface area contributed by atoms with Gasteiger partial charge in [0.15, 0.2) is 0 Å². The molecule has 1 aliphatic carbocycles. The first-order valence-corrected chi connectivity index (χ1v) is 8.09. The maximum absolute atomic E-state index is 13.2. The Morgan fingerprint density at radius 1 is 1.30 bits per heavy atom. The molecule has 1 aliphatic heterocycles. The summed E-state index contributed by atoms with van der Waals surface area (Å²) in [5, 5.41) is 0. The Bertz CT molecular complexity index is 607. The molecule has 2 N–H and O–H groups in total. The van der Waals surface area contributed by atoms with E-state index < -0.39 is 0 Å². The van der Waals surface area contributed by atoms with Gasteiger partial charge in [0.25, 0.3) is 0 Å². The summed E-state index contributed by atoms with van der Waals surface area (Å²) in [5.74, 6) is -0.373. The molecule has 0 spiro atoms. The molecule has 5 nitrogen and oxygen atoms in total. The van der Waals surface area contributed by atoms with Crippen molar-refractivity contribution in [3.8, 4) is 0 Å². The highest BCUT2D eigenvalue weighted by atomic mass is 19.1. The first kappa shape index (κ1) is 15.9. The SMILES string of the molecule is NC1CCC(C(=O)N2CCN(Cc3cccc(F)c3)C(=O)C2)C1. The van der Waals surface area contributed by atoms with Crippen molar-refractivity contribution >= 4 is 11.8 Å². The van der Waals surface area contributed by atoms with Crippen LogP contribution in [-0.2, 0) is 16.1 Å². The lowest BCUT2D eigenvalue weighted by Gasteiger charge is -2.35. The molecule has 0 aromatic heterocycles. The number of carbonyl (C=O) groups is 2. The molecule has 6 heteroatoms. The molecule has 1 aromatic rings. The van der Waals surface area contributed by atoms with Crippen molar-refractivity contribution in [1.82, 2.24) is 9.80 Å². The molecule has 2 amide bonds. The topological polar surface area (TPSA) is 66.6 Å². The number of hydrogen-bond donors (Lipinski definition) is 1. The molecule has 2 aliphatic rings. The van der Waals surface area contributed by atoms with Crippen LogP contribution in [0.1, 0.15) is 24.8 Å². The van der Waals surface area contributed by atoms with E-state index in [9.17, 15) is 14.0 Å². The van der Waals surface area contributed by atoms with Gasteiger partial charge in [-0.2, -0.15) is 0 Å². The van der Waals surface area contributed by atoms with Crippen LogP contribution in [-0.4, -0.2) is 47.3 Å². The molecule has 0 radical (unpaired) electrons. The summed E-state index contributed by atoms with van der Waals surface area (Å²) in [5.41, 5.74) is 6.63. The van der Waals surface area contributed by atoms with Gasteiger partial charge in [-0.15, -0.1) is 0 Å². The van der Waals surface area contributed by atoms with Crippen LogP contribution in [0, 0.1) is 11.7 Å². The van der Waals surface area contributed by atoms with Crippen molar-refractivity contribution in [2.24, 2.45) is 11.7 Å². The normalized spacial score (nSPS) is 25.0. The molecule has 2 fully saturated rings. The lowest BCUT2D eigenvalue weighted by molar-refractivity contribution is -0.147. The third-order valence-electron chi connectivity index (χ3n) is 4.72. The van der Waals surface area contributed by atoms with E-state index in [1.54, 1.807) is 21.9 Å². The first-order chi connectivity index (χ1) is 11.0. The minimum Gasteiger partial charge on any atom is -0.335 e. The monoisotopic (exact) mass is 319 g/mol. The minimum absolute atomic E-state index is 0.0347. The van der Waals surface area contributed by atoms with Gasteiger partial charge in [0.1, 0.15) is 5.82 Å². The molecule has 1 aromatic carbocycles. The van der Waals surface area contributed by atoms with Gasteiger partial charge in [-0.05, 0) is 37.0 Å². The van der Waals surface area contributed by atoms with Crippen molar-refractivity contribution in [3.05, 3.63) is 35.6 Å². The van der Waals surface area contributed by atoms with Gasteiger partial charge in [-0.1, -0.05) is 12.1 Å². The van der Waals surface area contributed by atoms with E-state index in [2.05, 4.69) is 0 Å². The number of benzene rings is 1. The van der Waals surface area contributed by atoms with Crippen LogP contribution in [0.25, 0.3) is 0 Å². The molecule has 23 heavy (non-hydrogen) atoms. The summed E-state index contributed by atoms with van der Waals surface area (Å²) >= 11 is 0. The third-order valence-corrected chi connectivity index (χ3v) is 4.72. The molecule has 124 valence electrons. The zero-order chi connectivity index (χ0) is 16.4. The van der Waals surface area contributed by atoms with E-state index in [4.69, 9.17) is 5.73 Å². The summed E-state index contributed by atoms with van der Waals surface area (Å²) in [7, 11) is 0. The molecule has 1 saturated carbocycles. The Morgan fingerprint density at radius 3 is 2.78 bits per heavy atom. The van der Waals surface area contributed by atoms with E-state index in [0.29, 0.717) is 19.6 Å². The summed E-state index contributed by atoms with van der Waals surface area (Å²) < 4.78 is 13.2. The van der Waals surface area contributed by atoms with Crippen LogP contribution < -0.4 is 5.73 Å². The van der Waals surface area contributed by atoms with E-state index in [-0.39, 0.29) is 36.1 Å². The van der Waals surface area contributed by atoms with Crippen LogP contribution in [0.4, 0.5) is 4.39 Å². The second kappa shape index (κ2) is 6.66. The molecule has 2 unspecified atom stereocenters. The van der Waals surface area contributed by atoms with Crippen molar-refractivity contribution in [3.63, 3.8) is 0 Å². The summed E-state index contributed by atoms with van der Waals surface area (Å²) in [6.07, 6.45) is 2.41. The third kappa shape index (κ3) is 3.69. The van der Waals surface area contributed by atoms with E-state index in [1.807, 2.05) is 0 Å². The number of nitrogens with zero attached hydrogens (tertiary/aromatic N) is 2. The number of amides is 2. The van der Waals surface area contributed by atoms with Gasteiger partial charge in [0.2, 0.25) is 11.8 Å². The van der Waals surface area contributed by atoms with E-state index in [0.717, 1.165) is 24.8 Å². The maximum atomic E-state index is 13.2. The first-order valence-electron chi connectivity index (χ1n) is 8.09. The Kier molecular flexibility index (Phi) is 4.61. The number of hydrogen-bond acceptors (Lipinski definition) is 3. The molecule has 3 rings (SSSR count). The molecular formula is C17H22FN3O2. The summed E-state index contributed by atoms with van der Waals surface area (Å²) in [4.78, 5) is 28.1. The standard InChI is InChI=1S/C17H22FN3O2/c18-14-3-1-2-12(8-14)10-20-6-7-21(11-16(20)22)17(23)13-4-5-15(19)9-13/h1-3,8,13,15H,4-7,9-11,19H2. The fraction of sp³-hybridized carbons (Fsp3) is 0.529. The number of carbonyl (C=O) groups excluding carboxylic acids is 2. The zero-order valence-corrected chi connectivity index (χ0v) is 13.1. The van der Waals surface area contributed by atoms with Gasteiger partial charge in [0, 0.05) is 31.6 Å². The fourth-order valence-electron chi connectivity index (χ4n) is 3.42. The largest absolute Gasteiger partial charge is 0.335 e. The Balaban J connectivity index is 1.57. The number of nitrogens with two attached hydrogens (primary N) is 1. The van der Waals surface area contributed by atoms with E-state index >= 15 is 0 Å². The smallest absolute Gasteiger partial charge is 0.242 e. The van der Waals surface area contributed by atoms with Crippen molar-refractivity contribution in [2.75, 3.05) is 19.6 Å². The van der Waals surface area contributed by atoms with E-state index in [1.165, 1.54) is 12.1 Å². The quantitative estimate of drug-likeness (QED) is 0.908. The highest BCUT2D eigenvalue weighted by Crippen LogP contribution is 2.26. The number of halogens is 1. The highest BCUT2D eigenvalue weighted by Gasteiger charge is 2.34. The molecule has 1 saturated heterocycles. The number of piperazine rings is 1. The van der Waals surface area contributed by atoms with Crippen LogP contribution in [0.5, 0.6) is 0 Å². The lowest BCUT2D eigenvalue weighted by atomic mass is 10.1. The molecule has 0 bridgehead atoms. The zero-order valence-electron chi connectivity index (χ0n) is 13.1. The average molecular weight is 319 g/mol. The fourth-order valence-corrected chi connectivity index (χ4v) is 3.42. The average Bonchev–Trinajstić information content (AvgIpc) is 2.95. The van der Waals surface area contributed by atoms with Gasteiger partial charge < -0.3 is 15.5 Å². The second-order valence-electron chi connectivity index (χ2n) is 6.48. The van der Waals surface area contributed by atoms with Crippen LogP contribution in [0.3, 0.4) is 0 Å². The van der Waals surface area contributed by atoms with Crippen molar-refractivity contribution in [2.45, 2.75) is 31.8 Å². The van der Waals surface area contributed by atoms with Gasteiger partial charge in [0.05, 0.1) is 6.54 Å². The van der Waals surface area contributed by atoms with Crippen LogP contribution in [0.2, 0.25) is 0 Å². The van der Waals surface area contributed by atoms with Crippen LogP contribution in [0.15, 0.2) is 24.3 Å². The molecule has 2 atom stereocenters. The lowest BCUT2D eigenvalue weighted by Crippen LogP contribution is -2.53. The molecule has 1 heterocycles. The summed E-state index contributed by atoms with van der Waals surface area (Å²) in [6.45, 7) is 1.51. The van der Waals surface area contributed by atoms with Crippen LogP contribution >= 0.6 is 0 Å². The van der Waals surface area contributed by atoms with Crippen molar-refractivity contribution < 1.29 is 14.0 Å². The van der Waals surface area contributed by atoms with Gasteiger partial charge >= 0.3 is 0 Å². The maximum Gasteiger partial charge on any atom is 0.242 e. The number of rotatable bonds is 3. The van der Waals surface area contributed by atoms with Gasteiger partial charge in [-0.3, -0.25) is 9.59 Å². The molecular weight excluding hydrogens is 297 g/mol. The Morgan fingerprint density at radius 2 is 2.13 bits per heavy atom. The Labute approximate surface area is 135 Å². The van der Waals surface area contributed by atoms with Gasteiger partial charge in [-0.25, -0.2) is 4.39 Å². The highest BCUT2D eigenvalue weighted by molar-refractivity contribution is 5.87. The predicted octanol–water partition coefficient (Wildman–Crippen LogP) is 1.12. The van der Waals surface area contributed by atoms with Crippen molar-refractivity contribution in [1.29, 1.82) is 0 Å². The minimum atomic E-state index is -0.304. The Hall–Kier alpha value is -1.95.